The van der Waals surface area contributed by atoms with Crippen LogP contribution in [0.25, 0.3) is 0 Å². The van der Waals surface area contributed by atoms with Gasteiger partial charge in [0.25, 0.3) is 5.91 Å². The number of rotatable bonds is 4. The molecule has 2 aromatic rings. The summed E-state index contributed by atoms with van der Waals surface area (Å²) in [5.41, 5.74) is 7.45. The Bertz CT molecular complexity index is 567. The van der Waals surface area contributed by atoms with Crippen LogP contribution < -0.4 is 11.1 Å². The number of nitrogens with two attached hydrogens (primary N) is 1. The van der Waals surface area contributed by atoms with Crippen LogP contribution in [-0.4, -0.2) is 22.5 Å². The molecule has 5 nitrogen and oxygen atoms in total. The third kappa shape index (κ3) is 3.70. The van der Waals surface area contributed by atoms with Crippen molar-refractivity contribution in [1.82, 2.24) is 10.3 Å². The van der Waals surface area contributed by atoms with Crippen LogP contribution in [0.5, 0.6) is 5.75 Å². The van der Waals surface area contributed by atoms with Gasteiger partial charge in [0.15, 0.2) is 0 Å². The van der Waals surface area contributed by atoms with E-state index in [1.807, 2.05) is 12.1 Å². The number of phenols is 1. The minimum Gasteiger partial charge on any atom is -0.508 e. The largest absolute Gasteiger partial charge is 0.508 e. The van der Waals surface area contributed by atoms with Crippen molar-refractivity contribution >= 4 is 11.6 Å². The minimum atomic E-state index is -0.244. The number of pyridine rings is 1. The third-order valence-electron chi connectivity index (χ3n) is 2.65. The summed E-state index contributed by atoms with van der Waals surface area (Å²) in [7, 11) is 0. The highest BCUT2D eigenvalue weighted by atomic mass is 16.3. The molecule has 1 heterocycles. The van der Waals surface area contributed by atoms with Gasteiger partial charge in [-0.1, -0.05) is 12.1 Å². The maximum Gasteiger partial charge on any atom is 0.269 e. The van der Waals surface area contributed by atoms with E-state index < -0.39 is 0 Å². The van der Waals surface area contributed by atoms with Gasteiger partial charge >= 0.3 is 0 Å². The lowest BCUT2D eigenvalue weighted by Crippen LogP contribution is -2.26. The van der Waals surface area contributed by atoms with E-state index >= 15 is 0 Å². The molecule has 0 bridgehead atoms. The second kappa shape index (κ2) is 5.86. The first kappa shape index (κ1) is 12.9. The normalized spacial score (nSPS) is 10.1. The second-order valence-corrected chi connectivity index (χ2v) is 4.15. The van der Waals surface area contributed by atoms with Gasteiger partial charge in [-0.05, 0) is 36.2 Å². The van der Waals surface area contributed by atoms with E-state index in [4.69, 9.17) is 10.8 Å². The van der Waals surface area contributed by atoms with Crippen LogP contribution in [0.4, 0.5) is 5.69 Å². The van der Waals surface area contributed by atoms with Crippen molar-refractivity contribution in [3.05, 3.63) is 53.9 Å². The number of benzene rings is 1. The van der Waals surface area contributed by atoms with E-state index in [1.54, 1.807) is 18.2 Å². The average molecular weight is 257 g/mol. The van der Waals surface area contributed by atoms with Crippen LogP contribution in [0.3, 0.4) is 0 Å². The highest BCUT2D eigenvalue weighted by Gasteiger charge is 2.06. The van der Waals surface area contributed by atoms with E-state index in [2.05, 4.69) is 10.3 Å². The molecule has 0 spiro atoms. The monoisotopic (exact) mass is 257 g/mol. The van der Waals surface area contributed by atoms with Gasteiger partial charge in [-0.15, -0.1) is 0 Å². The number of aromatic hydroxyl groups is 1. The van der Waals surface area contributed by atoms with Crippen molar-refractivity contribution < 1.29 is 9.90 Å². The lowest BCUT2D eigenvalue weighted by atomic mass is 10.1. The Morgan fingerprint density at radius 2 is 2.00 bits per heavy atom. The summed E-state index contributed by atoms with van der Waals surface area (Å²) in [4.78, 5) is 15.7. The van der Waals surface area contributed by atoms with Gasteiger partial charge in [0.1, 0.15) is 11.4 Å². The van der Waals surface area contributed by atoms with Crippen molar-refractivity contribution in [2.24, 2.45) is 0 Å². The highest BCUT2D eigenvalue weighted by Crippen LogP contribution is 2.09. The predicted octanol–water partition coefficient (Wildman–Crippen LogP) is 1.34. The molecule has 0 saturated heterocycles. The smallest absolute Gasteiger partial charge is 0.269 e. The first-order valence-corrected chi connectivity index (χ1v) is 5.93. The molecule has 0 radical (unpaired) electrons. The summed E-state index contributed by atoms with van der Waals surface area (Å²) >= 11 is 0. The van der Waals surface area contributed by atoms with Crippen molar-refractivity contribution in [3.63, 3.8) is 0 Å². The fourth-order valence-electron chi connectivity index (χ4n) is 1.64. The maximum absolute atomic E-state index is 11.8. The van der Waals surface area contributed by atoms with Crippen LogP contribution in [0.1, 0.15) is 16.1 Å². The molecule has 1 aromatic heterocycles. The van der Waals surface area contributed by atoms with E-state index in [1.165, 1.54) is 12.3 Å². The summed E-state index contributed by atoms with van der Waals surface area (Å²) in [6, 6.07) is 10.1. The molecule has 0 atom stereocenters. The van der Waals surface area contributed by atoms with Gasteiger partial charge in [-0.2, -0.15) is 0 Å². The summed E-state index contributed by atoms with van der Waals surface area (Å²) in [6.45, 7) is 0.500. The number of phenolic OH excluding ortho intramolecular Hbond substituents is 1. The molecule has 1 aromatic carbocycles. The van der Waals surface area contributed by atoms with Gasteiger partial charge < -0.3 is 16.2 Å². The molecule has 0 aliphatic rings. The molecule has 0 unspecified atom stereocenters. The molecular weight excluding hydrogens is 242 g/mol. The Morgan fingerprint density at radius 1 is 1.26 bits per heavy atom. The Kier molecular flexibility index (Phi) is 3.97. The number of amides is 1. The lowest BCUT2D eigenvalue weighted by Gasteiger charge is -2.05. The molecular formula is C14H15N3O2. The Labute approximate surface area is 111 Å². The van der Waals surface area contributed by atoms with Crippen LogP contribution >= 0.6 is 0 Å². The summed E-state index contributed by atoms with van der Waals surface area (Å²) in [6.07, 6.45) is 2.19. The van der Waals surface area contributed by atoms with Gasteiger partial charge in [-0.3, -0.25) is 9.78 Å². The number of nitrogens with zero attached hydrogens (tertiary/aromatic N) is 1. The van der Waals surface area contributed by atoms with Crippen LogP contribution in [-0.2, 0) is 6.42 Å². The van der Waals surface area contributed by atoms with Crippen molar-refractivity contribution in [1.29, 1.82) is 0 Å². The van der Waals surface area contributed by atoms with E-state index in [9.17, 15) is 4.79 Å². The lowest BCUT2D eigenvalue weighted by molar-refractivity contribution is 0.0949. The standard InChI is InChI=1S/C14H15N3O2/c15-11-6-8-16-13(9-11)14(19)17-7-5-10-1-3-12(18)4-2-10/h1-4,6,8-9,18H,5,7H2,(H2,15,16)(H,17,19). The zero-order valence-electron chi connectivity index (χ0n) is 10.3. The fraction of sp³-hybridized carbons (Fsp3) is 0.143. The fourth-order valence-corrected chi connectivity index (χ4v) is 1.64. The van der Waals surface area contributed by atoms with Crippen LogP contribution in [0.15, 0.2) is 42.6 Å². The van der Waals surface area contributed by atoms with Gasteiger partial charge in [-0.25, -0.2) is 0 Å². The number of hydrogen-bond donors (Lipinski definition) is 3. The van der Waals surface area contributed by atoms with Crippen molar-refractivity contribution in [2.75, 3.05) is 12.3 Å². The quantitative estimate of drug-likeness (QED) is 0.771. The van der Waals surface area contributed by atoms with E-state index in [0.29, 0.717) is 24.3 Å². The molecule has 2 rings (SSSR count). The maximum atomic E-state index is 11.8. The molecule has 1 amide bonds. The van der Waals surface area contributed by atoms with Crippen LogP contribution in [0.2, 0.25) is 0 Å². The average Bonchev–Trinajstić information content (AvgIpc) is 2.41. The molecule has 19 heavy (non-hydrogen) atoms. The molecule has 0 aliphatic heterocycles. The van der Waals surface area contributed by atoms with Gasteiger partial charge in [0.2, 0.25) is 0 Å². The molecule has 98 valence electrons. The summed E-state index contributed by atoms with van der Waals surface area (Å²) in [5, 5.41) is 11.9. The number of carbonyl (C=O) groups is 1. The van der Waals surface area contributed by atoms with Gasteiger partial charge in [0.05, 0.1) is 0 Å². The number of nitrogen functional groups attached to an aromatic ring is 1. The number of carbonyl (C=O) groups excluding carboxylic acids is 1. The number of hydrogen-bond acceptors (Lipinski definition) is 4. The predicted molar refractivity (Wildman–Crippen MR) is 72.8 cm³/mol. The SMILES string of the molecule is Nc1ccnc(C(=O)NCCc2ccc(O)cc2)c1. The number of anilines is 1. The third-order valence-corrected chi connectivity index (χ3v) is 2.65. The Morgan fingerprint density at radius 3 is 2.68 bits per heavy atom. The van der Waals surface area contributed by atoms with Crippen LogP contribution in [0, 0.1) is 0 Å². The second-order valence-electron chi connectivity index (χ2n) is 4.15. The minimum absolute atomic E-state index is 0.233. The number of nitrogens with one attached hydrogen (secondary N) is 1. The Hall–Kier alpha value is -2.56. The molecule has 0 saturated carbocycles. The zero-order chi connectivity index (χ0) is 13.7. The van der Waals surface area contributed by atoms with Gasteiger partial charge in [0, 0.05) is 18.4 Å². The first-order chi connectivity index (χ1) is 9.15. The summed E-state index contributed by atoms with van der Waals surface area (Å²) < 4.78 is 0. The molecule has 5 heteroatoms. The van der Waals surface area contributed by atoms with Crippen molar-refractivity contribution in [3.8, 4) is 5.75 Å². The van der Waals surface area contributed by atoms with E-state index in [0.717, 1.165) is 5.56 Å². The highest BCUT2D eigenvalue weighted by molar-refractivity contribution is 5.92. The molecule has 4 N–H and O–H groups in total. The summed E-state index contributed by atoms with van der Waals surface area (Å²) in [5.74, 6) is -0.0113. The zero-order valence-corrected chi connectivity index (χ0v) is 10.3. The molecule has 0 fully saturated rings. The molecule has 0 aliphatic carbocycles. The first-order valence-electron chi connectivity index (χ1n) is 5.93. The van der Waals surface area contributed by atoms with Crippen molar-refractivity contribution in [2.45, 2.75) is 6.42 Å². The Balaban J connectivity index is 1.86. The van der Waals surface area contributed by atoms with E-state index in [-0.39, 0.29) is 11.7 Å². The topological polar surface area (TPSA) is 88.2 Å². The number of aromatic nitrogens is 1.